The highest BCUT2D eigenvalue weighted by Gasteiger charge is 2.20. The SMILES string of the molecule is O=P(O)(O)Nc1c(-c2ccccc2)nc2ccccn12. The zero-order valence-corrected chi connectivity index (χ0v) is 11.2. The third kappa shape index (κ3) is 2.44. The fourth-order valence-electron chi connectivity index (χ4n) is 2.04. The minimum Gasteiger partial charge on any atom is -0.308 e. The van der Waals surface area contributed by atoms with Crippen LogP contribution < -0.4 is 5.09 Å². The first-order valence-corrected chi connectivity index (χ1v) is 7.52. The first-order valence-electron chi connectivity index (χ1n) is 5.91. The summed E-state index contributed by atoms with van der Waals surface area (Å²) >= 11 is 0. The lowest BCUT2D eigenvalue weighted by Crippen LogP contribution is -1.99. The average molecular weight is 289 g/mol. The molecule has 3 aromatic rings. The van der Waals surface area contributed by atoms with Crippen LogP contribution in [0.1, 0.15) is 0 Å². The zero-order chi connectivity index (χ0) is 14.2. The molecule has 0 aliphatic carbocycles. The Morgan fingerprint density at radius 1 is 1.05 bits per heavy atom. The third-order valence-electron chi connectivity index (χ3n) is 2.83. The minimum absolute atomic E-state index is 0.278. The van der Waals surface area contributed by atoms with Crippen LogP contribution in [0.5, 0.6) is 0 Å². The maximum atomic E-state index is 11.3. The van der Waals surface area contributed by atoms with Gasteiger partial charge < -0.3 is 9.79 Å². The van der Waals surface area contributed by atoms with Gasteiger partial charge in [0.1, 0.15) is 17.2 Å². The predicted molar refractivity (Wildman–Crippen MR) is 76.3 cm³/mol. The van der Waals surface area contributed by atoms with Crippen LogP contribution in [0.25, 0.3) is 16.9 Å². The molecular formula is C13H12N3O3P. The van der Waals surface area contributed by atoms with Gasteiger partial charge in [0, 0.05) is 11.8 Å². The molecular weight excluding hydrogens is 277 g/mol. The molecule has 0 bridgehead atoms. The summed E-state index contributed by atoms with van der Waals surface area (Å²) in [5.41, 5.74) is 1.90. The van der Waals surface area contributed by atoms with E-state index in [0.29, 0.717) is 11.3 Å². The third-order valence-corrected chi connectivity index (χ3v) is 3.33. The Kier molecular flexibility index (Phi) is 3.06. The number of hydrogen-bond donors (Lipinski definition) is 3. The van der Waals surface area contributed by atoms with Gasteiger partial charge in [0.05, 0.1) is 0 Å². The molecule has 0 aliphatic rings. The Morgan fingerprint density at radius 2 is 1.75 bits per heavy atom. The monoisotopic (exact) mass is 289 g/mol. The van der Waals surface area contributed by atoms with Crippen molar-refractivity contribution < 1.29 is 14.4 Å². The molecule has 2 aromatic heterocycles. The van der Waals surface area contributed by atoms with Gasteiger partial charge in [-0.2, -0.15) is 0 Å². The zero-order valence-electron chi connectivity index (χ0n) is 10.3. The van der Waals surface area contributed by atoms with Gasteiger partial charge in [-0.3, -0.25) is 9.49 Å². The van der Waals surface area contributed by atoms with Crippen LogP contribution in [0, 0.1) is 0 Å². The van der Waals surface area contributed by atoms with Crippen molar-refractivity contribution in [2.75, 3.05) is 5.09 Å². The fourth-order valence-corrected chi connectivity index (χ4v) is 2.53. The Hall–Kier alpha value is -2.14. The molecule has 7 heteroatoms. The van der Waals surface area contributed by atoms with Crippen molar-refractivity contribution in [3.05, 3.63) is 54.7 Å². The van der Waals surface area contributed by atoms with Crippen LogP contribution in [-0.2, 0) is 4.57 Å². The van der Waals surface area contributed by atoms with E-state index in [2.05, 4.69) is 10.1 Å². The molecule has 2 heterocycles. The molecule has 0 saturated carbocycles. The number of nitrogens with one attached hydrogen (secondary N) is 1. The van der Waals surface area contributed by atoms with E-state index in [1.807, 2.05) is 36.4 Å². The molecule has 0 unspecified atom stereocenters. The molecule has 3 N–H and O–H groups in total. The average Bonchev–Trinajstić information content (AvgIpc) is 2.77. The molecule has 6 nitrogen and oxygen atoms in total. The molecule has 20 heavy (non-hydrogen) atoms. The second-order valence-corrected chi connectivity index (χ2v) is 5.57. The fraction of sp³-hybridized carbons (Fsp3) is 0. The van der Waals surface area contributed by atoms with E-state index in [9.17, 15) is 14.4 Å². The summed E-state index contributed by atoms with van der Waals surface area (Å²) in [5, 5.41) is 2.24. The number of fused-ring (bicyclic) bond motifs is 1. The van der Waals surface area contributed by atoms with Gasteiger partial charge in [-0.15, -0.1) is 0 Å². The van der Waals surface area contributed by atoms with Gasteiger partial charge in [-0.1, -0.05) is 36.4 Å². The summed E-state index contributed by atoms with van der Waals surface area (Å²) in [6.45, 7) is 0. The van der Waals surface area contributed by atoms with E-state index >= 15 is 0 Å². The van der Waals surface area contributed by atoms with Gasteiger partial charge >= 0.3 is 7.75 Å². The van der Waals surface area contributed by atoms with Gasteiger partial charge in [-0.05, 0) is 12.1 Å². The number of imidazole rings is 1. The summed E-state index contributed by atoms with van der Waals surface area (Å²) in [4.78, 5) is 22.8. The number of hydrogen-bond acceptors (Lipinski definition) is 2. The lowest BCUT2D eigenvalue weighted by atomic mass is 10.1. The Bertz CT molecular complexity index is 795. The van der Waals surface area contributed by atoms with Crippen molar-refractivity contribution in [1.82, 2.24) is 9.38 Å². The number of rotatable bonds is 3. The Labute approximate surface area is 114 Å². The van der Waals surface area contributed by atoms with Gasteiger partial charge in [-0.25, -0.2) is 9.55 Å². The highest BCUT2D eigenvalue weighted by molar-refractivity contribution is 7.53. The van der Waals surface area contributed by atoms with Crippen molar-refractivity contribution >= 4 is 19.2 Å². The van der Waals surface area contributed by atoms with E-state index in [1.54, 1.807) is 22.7 Å². The van der Waals surface area contributed by atoms with Crippen LogP contribution >= 0.6 is 7.75 Å². The summed E-state index contributed by atoms with van der Waals surface area (Å²) < 4.78 is 12.9. The maximum Gasteiger partial charge on any atom is 0.428 e. The molecule has 0 aliphatic heterocycles. The summed E-state index contributed by atoms with van der Waals surface area (Å²) in [5.74, 6) is 0.278. The number of benzene rings is 1. The van der Waals surface area contributed by atoms with Gasteiger partial charge in [0.25, 0.3) is 0 Å². The van der Waals surface area contributed by atoms with Crippen LogP contribution in [0.2, 0.25) is 0 Å². The molecule has 0 amide bonds. The number of aromatic nitrogens is 2. The van der Waals surface area contributed by atoms with E-state index in [0.717, 1.165) is 5.56 Å². The van der Waals surface area contributed by atoms with Crippen molar-refractivity contribution in [3.63, 3.8) is 0 Å². The van der Waals surface area contributed by atoms with Crippen LogP contribution in [0.4, 0.5) is 5.82 Å². The van der Waals surface area contributed by atoms with Gasteiger partial charge in [0.15, 0.2) is 0 Å². The van der Waals surface area contributed by atoms with Crippen LogP contribution in [0.3, 0.4) is 0 Å². The molecule has 0 atom stereocenters. The quantitative estimate of drug-likeness (QED) is 0.645. The normalized spacial score (nSPS) is 11.7. The van der Waals surface area contributed by atoms with Crippen molar-refractivity contribution in [3.8, 4) is 11.3 Å². The van der Waals surface area contributed by atoms with Crippen molar-refractivity contribution in [2.45, 2.75) is 0 Å². The smallest absolute Gasteiger partial charge is 0.308 e. The maximum absolute atomic E-state index is 11.3. The second-order valence-electron chi connectivity index (χ2n) is 4.26. The topological polar surface area (TPSA) is 86.9 Å². The van der Waals surface area contributed by atoms with E-state index < -0.39 is 7.75 Å². The standard InChI is InChI=1S/C13H12N3O3P/c17-20(18,19)15-13-12(10-6-2-1-3-7-10)14-11-8-4-5-9-16(11)13/h1-9H,(H3,15,17,18,19). The number of pyridine rings is 1. The van der Waals surface area contributed by atoms with Crippen molar-refractivity contribution in [2.24, 2.45) is 0 Å². The Balaban J connectivity index is 2.25. The van der Waals surface area contributed by atoms with Crippen LogP contribution in [0.15, 0.2) is 54.7 Å². The largest absolute Gasteiger partial charge is 0.428 e. The molecule has 0 saturated heterocycles. The number of nitrogens with zero attached hydrogens (tertiary/aromatic N) is 2. The molecule has 102 valence electrons. The predicted octanol–water partition coefficient (Wildman–Crippen LogP) is 2.51. The molecule has 3 rings (SSSR count). The summed E-state index contributed by atoms with van der Waals surface area (Å²) in [6.07, 6.45) is 1.70. The highest BCUT2D eigenvalue weighted by atomic mass is 31.2. The Morgan fingerprint density at radius 3 is 2.45 bits per heavy atom. The minimum atomic E-state index is -4.42. The first kappa shape index (κ1) is 12.9. The van der Waals surface area contributed by atoms with Crippen molar-refractivity contribution in [1.29, 1.82) is 0 Å². The lowest BCUT2D eigenvalue weighted by molar-refractivity contribution is 0.380. The summed E-state index contributed by atoms with van der Waals surface area (Å²) in [6, 6.07) is 14.6. The van der Waals surface area contributed by atoms with Crippen LogP contribution in [-0.4, -0.2) is 19.2 Å². The molecule has 1 aromatic carbocycles. The second kappa shape index (κ2) is 4.76. The van der Waals surface area contributed by atoms with E-state index in [-0.39, 0.29) is 5.82 Å². The van der Waals surface area contributed by atoms with E-state index in [4.69, 9.17) is 0 Å². The molecule has 0 fully saturated rings. The lowest BCUT2D eigenvalue weighted by Gasteiger charge is -2.09. The van der Waals surface area contributed by atoms with E-state index in [1.165, 1.54) is 0 Å². The number of anilines is 1. The molecule has 0 spiro atoms. The highest BCUT2D eigenvalue weighted by Crippen LogP contribution is 2.39. The molecule has 0 radical (unpaired) electrons. The first-order chi connectivity index (χ1) is 9.54. The summed E-state index contributed by atoms with van der Waals surface area (Å²) in [7, 11) is -4.42. The van der Waals surface area contributed by atoms with Gasteiger partial charge in [0.2, 0.25) is 0 Å².